The fraction of sp³-hybridized carbons (Fsp3) is 0.680. The van der Waals surface area contributed by atoms with Crippen molar-refractivity contribution in [2.45, 2.75) is 77.7 Å². The predicted octanol–water partition coefficient (Wildman–Crippen LogP) is 6.65. The Bertz CT molecular complexity index is 637. The van der Waals surface area contributed by atoms with E-state index in [9.17, 15) is 0 Å². The van der Waals surface area contributed by atoms with Crippen LogP contribution in [0.2, 0.25) is 0 Å². The first kappa shape index (κ1) is 18.1. The Hall–Kier alpha value is -1.24. The van der Waals surface area contributed by atoms with E-state index >= 15 is 0 Å². The summed E-state index contributed by atoms with van der Waals surface area (Å²) in [6.07, 6.45) is 27.1. The molecule has 2 saturated carbocycles. The number of nitrogens with zero attached hydrogens (tertiary/aromatic N) is 1. The molecule has 4 aliphatic rings. The van der Waals surface area contributed by atoms with Gasteiger partial charge in [0.15, 0.2) is 0 Å². The van der Waals surface area contributed by atoms with Gasteiger partial charge in [-0.2, -0.15) is 0 Å². The highest BCUT2D eigenvalue weighted by Gasteiger charge is 2.42. The van der Waals surface area contributed by atoms with Crippen LogP contribution < -0.4 is 0 Å². The van der Waals surface area contributed by atoms with Crippen LogP contribution in [-0.4, -0.2) is 18.0 Å². The van der Waals surface area contributed by atoms with Crippen LogP contribution in [0, 0.1) is 23.2 Å². The quantitative estimate of drug-likeness (QED) is 0.550. The summed E-state index contributed by atoms with van der Waals surface area (Å²) in [5.74, 6) is 2.51. The summed E-state index contributed by atoms with van der Waals surface area (Å²) in [5, 5.41) is 0. The number of hydrogen-bond acceptors (Lipinski definition) is 1. The molecule has 0 heterocycles. The third-order valence-electron chi connectivity index (χ3n) is 7.89. The van der Waals surface area contributed by atoms with Crippen LogP contribution in [0.5, 0.6) is 0 Å². The van der Waals surface area contributed by atoms with Gasteiger partial charge in [-0.3, -0.25) is 0 Å². The molecular weight excluding hydrogens is 314 g/mol. The second-order valence-electron chi connectivity index (χ2n) is 9.75. The van der Waals surface area contributed by atoms with Gasteiger partial charge < -0.3 is 4.90 Å². The fourth-order valence-corrected chi connectivity index (χ4v) is 5.97. The zero-order valence-electron chi connectivity index (χ0n) is 17.1. The first-order valence-corrected chi connectivity index (χ1v) is 11.0. The molecule has 4 rings (SSSR count). The monoisotopic (exact) mass is 351 g/mol. The minimum Gasteiger partial charge on any atom is -0.368 e. The van der Waals surface area contributed by atoms with Gasteiger partial charge in [0.25, 0.3) is 0 Å². The van der Waals surface area contributed by atoms with Gasteiger partial charge in [0, 0.05) is 12.7 Å². The number of likely N-dealkylation sites (N-methyl/N-ethyl adjacent to an activating group) is 1. The Morgan fingerprint density at radius 1 is 1.00 bits per heavy atom. The summed E-state index contributed by atoms with van der Waals surface area (Å²) in [7, 11) is 2.26. The first-order valence-electron chi connectivity index (χ1n) is 11.0. The normalized spacial score (nSPS) is 39.8. The van der Waals surface area contributed by atoms with Gasteiger partial charge in [0.2, 0.25) is 0 Å². The molecule has 1 heteroatoms. The standard InChI is InChI=1S/C25H37N/c1-19-7-13-23(14-8-19)26(3)24-15-10-20(11-16-24)21-9-12-22-6-4-5-17-25(22,2)18-21/h7,10-11,13-15,19,21-22,24H,4-6,8-9,12,16-18H2,1-3H3/t19-,21?,22?,24?,25?/m1/s1. The summed E-state index contributed by atoms with van der Waals surface area (Å²) >= 11 is 0. The maximum absolute atomic E-state index is 2.59. The summed E-state index contributed by atoms with van der Waals surface area (Å²) in [5.41, 5.74) is 3.66. The van der Waals surface area contributed by atoms with Crippen LogP contribution in [-0.2, 0) is 0 Å². The number of hydrogen-bond donors (Lipinski definition) is 0. The molecule has 0 amide bonds. The Kier molecular flexibility index (Phi) is 5.17. The molecule has 4 unspecified atom stereocenters. The van der Waals surface area contributed by atoms with Gasteiger partial charge in [-0.1, -0.05) is 57.1 Å². The van der Waals surface area contributed by atoms with Gasteiger partial charge in [-0.15, -0.1) is 0 Å². The smallest absolute Gasteiger partial charge is 0.0507 e. The molecule has 2 fully saturated rings. The van der Waals surface area contributed by atoms with E-state index < -0.39 is 0 Å². The van der Waals surface area contributed by atoms with Gasteiger partial charge in [0.05, 0.1) is 6.04 Å². The van der Waals surface area contributed by atoms with Crippen molar-refractivity contribution in [2.75, 3.05) is 7.05 Å². The lowest BCUT2D eigenvalue weighted by atomic mass is 9.57. The van der Waals surface area contributed by atoms with E-state index in [0.717, 1.165) is 11.8 Å². The SMILES string of the molecule is C[C@@H]1C=CC(N(C)C2C=CC(C3CCC4CCCCC4(C)C3)=CC2)=CC1. The van der Waals surface area contributed by atoms with Crippen molar-refractivity contribution < 1.29 is 0 Å². The van der Waals surface area contributed by atoms with Crippen molar-refractivity contribution in [1.82, 2.24) is 4.90 Å². The van der Waals surface area contributed by atoms with E-state index in [4.69, 9.17) is 0 Å². The number of allylic oxidation sites excluding steroid dienone is 5. The highest BCUT2D eigenvalue weighted by Crippen LogP contribution is 2.53. The molecule has 0 aliphatic heterocycles. The average molecular weight is 352 g/mol. The van der Waals surface area contributed by atoms with E-state index in [1.807, 2.05) is 0 Å². The fourth-order valence-electron chi connectivity index (χ4n) is 5.97. The van der Waals surface area contributed by atoms with E-state index in [-0.39, 0.29) is 0 Å². The van der Waals surface area contributed by atoms with Crippen LogP contribution in [0.1, 0.15) is 71.6 Å². The minimum absolute atomic E-state index is 0.518. The van der Waals surface area contributed by atoms with Crippen LogP contribution in [0.25, 0.3) is 0 Å². The Balaban J connectivity index is 1.38. The van der Waals surface area contributed by atoms with Gasteiger partial charge in [0.1, 0.15) is 0 Å². The summed E-state index contributed by atoms with van der Waals surface area (Å²) in [6, 6.07) is 0.518. The molecular formula is C25H37N. The van der Waals surface area contributed by atoms with Gasteiger partial charge in [-0.05, 0) is 79.8 Å². The van der Waals surface area contributed by atoms with Crippen molar-refractivity contribution in [2.24, 2.45) is 23.2 Å². The lowest BCUT2D eigenvalue weighted by molar-refractivity contribution is 0.0438. The number of fused-ring (bicyclic) bond motifs is 1. The number of rotatable bonds is 3. The third-order valence-corrected chi connectivity index (χ3v) is 7.89. The second-order valence-corrected chi connectivity index (χ2v) is 9.75. The topological polar surface area (TPSA) is 3.24 Å². The molecule has 4 aliphatic carbocycles. The molecule has 0 aromatic carbocycles. The molecule has 0 aromatic rings. The highest BCUT2D eigenvalue weighted by atomic mass is 15.1. The molecule has 0 N–H and O–H groups in total. The van der Waals surface area contributed by atoms with Crippen LogP contribution in [0.3, 0.4) is 0 Å². The molecule has 0 spiro atoms. The summed E-state index contributed by atoms with van der Waals surface area (Å²) in [4.78, 5) is 2.46. The Morgan fingerprint density at radius 3 is 2.62 bits per heavy atom. The third kappa shape index (κ3) is 3.59. The van der Waals surface area contributed by atoms with Crippen molar-refractivity contribution in [1.29, 1.82) is 0 Å². The van der Waals surface area contributed by atoms with E-state index in [0.29, 0.717) is 17.4 Å². The Labute approximate surface area is 160 Å². The molecule has 26 heavy (non-hydrogen) atoms. The first-order chi connectivity index (χ1) is 12.5. The zero-order chi connectivity index (χ0) is 18.1. The van der Waals surface area contributed by atoms with Gasteiger partial charge in [-0.25, -0.2) is 0 Å². The van der Waals surface area contributed by atoms with E-state index in [2.05, 4.69) is 62.3 Å². The maximum Gasteiger partial charge on any atom is 0.0507 e. The van der Waals surface area contributed by atoms with Crippen LogP contribution in [0.15, 0.2) is 47.7 Å². The largest absolute Gasteiger partial charge is 0.368 e. The average Bonchev–Trinajstić information content (AvgIpc) is 2.67. The Morgan fingerprint density at radius 2 is 1.88 bits per heavy atom. The van der Waals surface area contributed by atoms with Crippen molar-refractivity contribution in [3.63, 3.8) is 0 Å². The lowest BCUT2D eigenvalue weighted by Crippen LogP contribution is -2.38. The van der Waals surface area contributed by atoms with E-state index in [1.54, 1.807) is 5.57 Å². The van der Waals surface area contributed by atoms with Crippen molar-refractivity contribution in [3.8, 4) is 0 Å². The minimum atomic E-state index is 0.518. The molecule has 0 radical (unpaired) electrons. The molecule has 0 aromatic heterocycles. The molecule has 142 valence electrons. The highest BCUT2D eigenvalue weighted by molar-refractivity contribution is 5.31. The summed E-state index contributed by atoms with van der Waals surface area (Å²) < 4.78 is 0. The zero-order valence-corrected chi connectivity index (χ0v) is 17.1. The lowest BCUT2D eigenvalue weighted by Gasteiger charge is -2.48. The van der Waals surface area contributed by atoms with Crippen molar-refractivity contribution in [3.05, 3.63) is 47.7 Å². The predicted molar refractivity (Wildman–Crippen MR) is 112 cm³/mol. The van der Waals surface area contributed by atoms with E-state index in [1.165, 1.54) is 63.5 Å². The van der Waals surface area contributed by atoms with Gasteiger partial charge >= 0.3 is 0 Å². The van der Waals surface area contributed by atoms with Crippen LogP contribution in [0.4, 0.5) is 0 Å². The molecule has 5 atom stereocenters. The molecule has 1 nitrogen and oxygen atoms in total. The van der Waals surface area contributed by atoms with Crippen molar-refractivity contribution >= 4 is 0 Å². The molecule has 0 bridgehead atoms. The summed E-state index contributed by atoms with van der Waals surface area (Å²) in [6.45, 7) is 4.89. The second kappa shape index (κ2) is 7.41. The maximum atomic E-state index is 2.59. The van der Waals surface area contributed by atoms with Crippen LogP contribution >= 0.6 is 0 Å². The molecule has 0 saturated heterocycles.